The molecular formula is C36H39N5O5. The first-order valence-electron chi connectivity index (χ1n) is 15.8. The van der Waals surface area contributed by atoms with Crippen molar-refractivity contribution in [3.8, 4) is 0 Å². The van der Waals surface area contributed by atoms with Crippen molar-refractivity contribution in [3.05, 3.63) is 99.5 Å². The Labute approximate surface area is 267 Å². The van der Waals surface area contributed by atoms with Crippen LogP contribution in [0.1, 0.15) is 66.8 Å². The van der Waals surface area contributed by atoms with Crippen LogP contribution in [0.3, 0.4) is 0 Å². The number of nitrogens with one attached hydrogen (secondary N) is 3. The van der Waals surface area contributed by atoms with Gasteiger partial charge in [-0.3, -0.25) is 19.7 Å². The van der Waals surface area contributed by atoms with Crippen molar-refractivity contribution in [3.63, 3.8) is 0 Å². The molecule has 4 heterocycles. The van der Waals surface area contributed by atoms with E-state index in [9.17, 15) is 19.2 Å². The predicted octanol–water partition coefficient (Wildman–Crippen LogP) is 6.22. The summed E-state index contributed by atoms with van der Waals surface area (Å²) in [5.41, 5.74) is 5.12. The molecule has 1 fully saturated rings. The minimum absolute atomic E-state index is 0.0466. The summed E-state index contributed by atoms with van der Waals surface area (Å²) in [4.78, 5) is 59.1. The van der Waals surface area contributed by atoms with Crippen LogP contribution < -0.4 is 21.1 Å². The second kappa shape index (κ2) is 13.1. The van der Waals surface area contributed by atoms with E-state index in [4.69, 9.17) is 4.74 Å². The summed E-state index contributed by atoms with van der Waals surface area (Å²) in [5, 5.41) is 7.56. The van der Waals surface area contributed by atoms with Gasteiger partial charge in [0.2, 0.25) is 11.8 Å². The van der Waals surface area contributed by atoms with E-state index in [0.29, 0.717) is 29.7 Å². The maximum Gasteiger partial charge on any atom is 0.411 e. The Morgan fingerprint density at radius 3 is 2.61 bits per heavy atom. The van der Waals surface area contributed by atoms with Gasteiger partial charge in [-0.25, -0.2) is 4.79 Å². The van der Waals surface area contributed by atoms with Crippen molar-refractivity contribution in [1.82, 2.24) is 9.88 Å². The van der Waals surface area contributed by atoms with Crippen molar-refractivity contribution in [2.24, 2.45) is 0 Å². The zero-order valence-electron chi connectivity index (χ0n) is 26.4. The second-order valence-corrected chi connectivity index (χ2v) is 12.3. The van der Waals surface area contributed by atoms with Crippen molar-refractivity contribution in [2.45, 2.75) is 58.0 Å². The summed E-state index contributed by atoms with van der Waals surface area (Å²) in [7, 11) is 1.73. The maximum atomic E-state index is 14.4. The van der Waals surface area contributed by atoms with Crippen LogP contribution in [0.15, 0.2) is 71.7 Å². The zero-order valence-corrected chi connectivity index (χ0v) is 26.4. The lowest BCUT2D eigenvalue weighted by molar-refractivity contribution is -0.131. The summed E-state index contributed by atoms with van der Waals surface area (Å²) >= 11 is 0. The predicted molar refractivity (Wildman–Crippen MR) is 179 cm³/mol. The second-order valence-electron chi connectivity index (χ2n) is 12.3. The number of anilines is 3. The molecule has 7 rings (SSSR count). The normalized spacial score (nSPS) is 19.5. The molecule has 4 bridgehead atoms. The fourth-order valence-electron chi connectivity index (χ4n) is 6.45. The third kappa shape index (κ3) is 6.47. The van der Waals surface area contributed by atoms with E-state index >= 15 is 0 Å². The molecule has 3 N–H and O–H groups in total. The number of aryl methyl sites for hydroxylation is 1. The Balaban J connectivity index is 1.42. The number of hydrogen-bond donors (Lipinski definition) is 3. The van der Waals surface area contributed by atoms with Crippen molar-refractivity contribution in [2.75, 3.05) is 35.7 Å². The molecule has 0 aliphatic carbocycles. The van der Waals surface area contributed by atoms with Crippen LogP contribution in [0.25, 0.3) is 10.8 Å². The molecular weight excluding hydrogens is 582 g/mol. The van der Waals surface area contributed by atoms with Gasteiger partial charge in [0.05, 0.1) is 6.61 Å². The number of fused-ring (bicyclic) bond motifs is 10. The van der Waals surface area contributed by atoms with Crippen LogP contribution in [0.2, 0.25) is 0 Å². The minimum atomic E-state index is -0.774. The van der Waals surface area contributed by atoms with Gasteiger partial charge in [-0.05, 0) is 83.8 Å². The molecule has 1 saturated heterocycles. The molecule has 2 atom stereocenters. The molecule has 1 aromatic heterocycles. The van der Waals surface area contributed by atoms with Gasteiger partial charge < -0.3 is 24.8 Å². The topological polar surface area (TPSA) is 124 Å². The van der Waals surface area contributed by atoms with Crippen LogP contribution in [0.5, 0.6) is 0 Å². The Morgan fingerprint density at radius 2 is 1.78 bits per heavy atom. The highest BCUT2D eigenvalue weighted by Gasteiger charge is 2.28. The zero-order chi connectivity index (χ0) is 32.4. The van der Waals surface area contributed by atoms with E-state index in [2.05, 4.69) is 15.6 Å². The van der Waals surface area contributed by atoms with Gasteiger partial charge in [0.1, 0.15) is 6.04 Å². The molecule has 4 aromatic rings. The largest absolute Gasteiger partial charge is 0.449 e. The van der Waals surface area contributed by atoms with Gasteiger partial charge in [0.15, 0.2) is 0 Å². The van der Waals surface area contributed by atoms with Crippen molar-refractivity contribution < 1.29 is 19.1 Å². The van der Waals surface area contributed by atoms with Crippen LogP contribution in [0, 0.1) is 6.92 Å². The van der Waals surface area contributed by atoms with Crippen molar-refractivity contribution in [1.29, 1.82) is 0 Å². The highest BCUT2D eigenvalue weighted by atomic mass is 16.5. The lowest BCUT2D eigenvalue weighted by atomic mass is 9.93. The maximum absolute atomic E-state index is 14.4. The van der Waals surface area contributed by atoms with E-state index in [-0.39, 0.29) is 36.4 Å². The number of hydrogen-bond acceptors (Lipinski definition) is 6. The van der Waals surface area contributed by atoms with E-state index in [0.717, 1.165) is 52.6 Å². The molecule has 0 saturated carbocycles. The highest BCUT2D eigenvalue weighted by Crippen LogP contribution is 2.32. The summed E-state index contributed by atoms with van der Waals surface area (Å²) in [6, 6.07) is 17.8. The van der Waals surface area contributed by atoms with E-state index < -0.39 is 12.1 Å². The molecule has 3 amide bonds. The number of nitrogens with zero attached hydrogens (tertiary/aromatic N) is 2. The van der Waals surface area contributed by atoms with Gasteiger partial charge in [-0.2, -0.15) is 0 Å². The molecule has 46 heavy (non-hydrogen) atoms. The highest BCUT2D eigenvalue weighted by molar-refractivity contribution is 5.95. The van der Waals surface area contributed by atoms with Crippen LogP contribution in [-0.2, 0) is 20.9 Å². The first kappa shape index (κ1) is 30.9. The first-order chi connectivity index (χ1) is 22.2. The molecule has 10 nitrogen and oxygen atoms in total. The third-order valence-electron chi connectivity index (χ3n) is 8.93. The average molecular weight is 622 g/mol. The Morgan fingerprint density at radius 1 is 0.935 bits per heavy atom. The Hall–Kier alpha value is -5.12. The van der Waals surface area contributed by atoms with E-state index in [1.165, 1.54) is 0 Å². The number of H-pyrrole nitrogens is 1. The minimum Gasteiger partial charge on any atom is -0.449 e. The average Bonchev–Trinajstić information content (AvgIpc) is 3.26. The smallest absolute Gasteiger partial charge is 0.411 e. The van der Waals surface area contributed by atoms with Gasteiger partial charge in [0, 0.05) is 61.1 Å². The van der Waals surface area contributed by atoms with Gasteiger partial charge >= 0.3 is 6.09 Å². The quantitative estimate of drug-likeness (QED) is 0.250. The molecule has 3 aliphatic heterocycles. The lowest BCUT2D eigenvalue weighted by Gasteiger charge is -2.29. The fraction of sp³-hybridized carbons (Fsp3) is 0.333. The molecule has 0 spiro atoms. The fourth-order valence-corrected chi connectivity index (χ4v) is 6.45. The number of benzene rings is 3. The standard InChI is InChI=1S/C36H39N5O5/c1-22-17-25-9-12-29(22)23(2)21-46-36(45)39-27-11-13-31(41-16-6-4-5-7-32(41)42)26(18-27)20-40(3)35(44)33(25)38-28-10-8-24-14-15-37-34(43)30(24)19-28/h8-15,17-19,23,33,38H,4-7,16,20-21H2,1-3H3,(H,37,43)(H,39,45)/t23-,33+/m0/s1. The van der Waals surface area contributed by atoms with E-state index in [1.54, 1.807) is 35.2 Å². The van der Waals surface area contributed by atoms with Gasteiger partial charge in [0.25, 0.3) is 5.56 Å². The number of carbonyl (C=O) groups excluding carboxylic acids is 3. The molecule has 3 aromatic carbocycles. The summed E-state index contributed by atoms with van der Waals surface area (Å²) in [6.07, 6.45) is 4.23. The summed E-state index contributed by atoms with van der Waals surface area (Å²) < 4.78 is 5.60. The van der Waals surface area contributed by atoms with Crippen LogP contribution >= 0.6 is 0 Å². The third-order valence-corrected chi connectivity index (χ3v) is 8.93. The Bertz CT molecular complexity index is 1870. The number of likely N-dealkylation sites (N-methyl/N-ethyl adjacent to an activating group) is 1. The monoisotopic (exact) mass is 621 g/mol. The number of amides is 3. The lowest BCUT2D eigenvalue weighted by Crippen LogP contribution is -2.36. The number of ether oxygens (including phenoxy) is 1. The molecule has 0 unspecified atom stereocenters. The number of rotatable bonds is 3. The summed E-state index contributed by atoms with van der Waals surface area (Å²) in [6.45, 7) is 4.92. The summed E-state index contributed by atoms with van der Waals surface area (Å²) in [5.74, 6) is -0.234. The molecule has 3 aliphatic rings. The number of carbonyl (C=O) groups is 3. The van der Waals surface area contributed by atoms with Gasteiger partial charge in [-0.15, -0.1) is 0 Å². The Kier molecular flexibility index (Phi) is 8.78. The molecule has 0 radical (unpaired) electrons. The molecule has 10 heteroatoms. The van der Waals surface area contributed by atoms with Gasteiger partial charge in [-0.1, -0.05) is 37.6 Å². The number of aromatic amines is 1. The first-order valence-corrected chi connectivity index (χ1v) is 15.8. The van der Waals surface area contributed by atoms with Crippen molar-refractivity contribution >= 4 is 45.7 Å². The number of aromatic nitrogens is 1. The van der Waals surface area contributed by atoms with E-state index in [1.807, 2.05) is 62.4 Å². The molecule has 238 valence electrons. The SMILES string of the molecule is Cc1cc2ccc1[C@@H](C)COC(=O)Nc1ccc(N3CCCCCC3=O)c(c1)CN(C)C(=O)[C@@H]2Nc1ccc2cc[nH]c(=O)c2c1. The van der Waals surface area contributed by atoms with Crippen LogP contribution in [-0.4, -0.2) is 48.0 Å². The van der Waals surface area contributed by atoms with Crippen LogP contribution in [0.4, 0.5) is 21.9 Å². The number of pyridine rings is 1.